The second kappa shape index (κ2) is 8.31. The molecule has 0 spiro atoms. The molecule has 2 saturated heterocycles. The number of hydrogen-bond acceptors (Lipinski definition) is 3. The number of carbonyl (C=O) groups is 1. The van der Waals surface area contributed by atoms with Gasteiger partial charge in [0.2, 0.25) is 5.91 Å². The van der Waals surface area contributed by atoms with Gasteiger partial charge in [-0.15, -0.1) is 0 Å². The Morgan fingerprint density at radius 2 is 2.00 bits per heavy atom. The third kappa shape index (κ3) is 4.04. The van der Waals surface area contributed by atoms with Gasteiger partial charge in [0.05, 0.1) is 13.2 Å². The van der Waals surface area contributed by atoms with Crippen molar-refractivity contribution in [2.45, 2.75) is 50.2 Å². The van der Waals surface area contributed by atoms with Crippen LogP contribution >= 0.6 is 0 Å². The molecule has 4 nitrogen and oxygen atoms in total. The lowest BCUT2D eigenvalue weighted by molar-refractivity contribution is -0.122. The van der Waals surface area contributed by atoms with Gasteiger partial charge in [0.15, 0.2) is 0 Å². The highest BCUT2D eigenvalue weighted by atomic mass is 19.1. The van der Waals surface area contributed by atoms with Crippen LogP contribution in [0.4, 0.5) is 4.39 Å². The van der Waals surface area contributed by atoms with E-state index in [1.165, 1.54) is 17.7 Å². The molecule has 1 N–H and O–H groups in total. The predicted octanol–water partition coefficient (Wildman–Crippen LogP) is 3.86. The van der Waals surface area contributed by atoms with E-state index in [4.69, 9.17) is 4.74 Å². The number of rotatable bonds is 4. The number of benzene rings is 2. The Morgan fingerprint density at radius 1 is 1.18 bits per heavy atom. The minimum atomic E-state index is -0.212. The number of hydrogen-bond donors (Lipinski definition) is 1. The zero-order chi connectivity index (χ0) is 19.5. The fourth-order valence-corrected chi connectivity index (χ4v) is 4.64. The number of methoxy groups -OCH3 is 1. The molecule has 1 amide bonds. The largest absolute Gasteiger partial charge is 0.497 e. The van der Waals surface area contributed by atoms with Crippen molar-refractivity contribution in [1.82, 2.24) is 10.2 Å². The SMILES string of the molecule is COc1cccc([C@@H]2CN(Cc3ccc(F)cc3)[C@@H]3CCCCC(=O)N[C@H]32)c1. The fourth-order valence-electron chi connectivity index (χ4n) is 4.64. The Kier molecular flexibility index (Phi) is 5.62. The smallest absolute Gasteiger partial charge is 0.220 e. The molecule has 28 heavy (non-hydrogen) atoms. The second-order valence-electron chi connectivity index (χ2n) is 7.85. The van der Waals surface area contributed by atoms with Gasteiger partial charge in [-0.1, -0.05) is 30.7 Å². The molecule has 0 bridgehead atoms. The minimum absolute atomic E-state index is 0.0837. The van der Waals surface area contributed by atoms with Crippen molar-refractivity contribution in [1.29, 1.82) is 0 Å². The van der Waals surface area contributed by atoms with E-state index in [2.05, 4.69) is 22.3 Å². The van der Waals surface area contributed by atoms with Crippen molar-refractivity contribution in [3.63, 3.8) is 0 Å². The molecule has 0 radical (unpaired) electrons. The standard InChI is InChI=1S/C23H27FN2O2/c1-28-19-6-4-5-17(13-19)20-15-26(14-16-9-11-18(24)12-10-16)21-7-2-3-8-22(27)25-23(20)21/h4-6,9-13,20-21,23H,2-3,7-8,14-15H2,1H3,(H,25,27)/t20-,21+,23-/m0/s1. The van der Waals surface area contributed by atoms with Crippen LogP contribution in [0.15, 0.2) is 48.5 Å². The van der Waals surface area contributed by atoms with Crippen LogP contribution in [0.5, 0.6) is 5.75 Å². The molecule has 2 aliphatic heterocycles. The average Bonchev–Trinajstić information content (AvgIpc) is 3.01. The van der Waals surface area contributed by atoms with E-state index in [-0.39, 0.29) is 29.7 Å². The molecular formula is C23H27FN2O2. The first kappa shape index (κ1) is 18.9. The van der Waals surface area contributed by atoms with Crippen LogP contribution in [0.3, 0.4) is 0 Å². The van der Waals surface area contributed by atoms with Crippen LogP contribution in [0.25, 0.3) is 0 Å². The minimum Gasteiger partial charge on any atom is -0.497 e. The Morgan fingerprint density at radius 3 is 2.79 bits per heavy atom. The molecule has 4 rings (SSSR count). The van der Waals surface area contributed by atoms with Gasteiger partial charge in [-0.25, -0.2) is 4.39 Å². The normalized spacial score (nSPS) is 25.5. The average molecular weight is 382 g/mol. The summed E-state index contributed by atoms with van der Waals surface area (Å²) < 4.78 is 18.7. The topological polar surface area (TPSA) is 41.6 Å². The number of halogens is 1. The summed E-state index contributed by atoms with van der Waals surface area (Å²) in [5.41, 5.74) is 2.29. The van der Waals surface area contributed by atoms with Gasteiger partial charge in [-0.05, 0) is 48.2 Å². The highest BCUT2D eigenvalue weighted by Gasteiger charge is 2.43. The summed E-state index contributed by atoms with van der Waals surface area (Å²) in [7, 11) is 1.68. The van der Waals surface area contributed by atoms with Crippen LogP contribution in [0, 0.1) is 5.82 Å². The lowest BCUT2D eigenvalue weighted by Gasteiger charge is -2.31. The Bertz CT molecular complexity index is 824. The van der Waals surface area contributed by atoms with Gasteiger partial charge >= 0.3 is 0 Å². The van der Waals surface area contributed by atoms with Gasteiger partial charge in [0, 0.05) is 31.5 Å². The van der Waals surface area contributed by atoms with Crippen molar-refractivity contribution in [3.05, 3.63) is 65.5 Å². The van der Waals surface area contributed by atoms with E-state index in [1.807, 2.05) is 24.3 Å². The second-order valence-corrected chi connectivity index (χ2v) is 7.85. The number of nitrogens with one attached hydrogen (secondary N) is 1. The van der Waals surface area contributed by atoms with E-state index >= 15 is 0 Å². The van der Waals surface area contributed by atoms with Crippen molar-refractivity contribution in [3.8, 4) is 5.75 Å². The van der Waals surface area contributed by atoms with E-state index in [1.54, 1.807) is 7.11 Å². The lowest BCUT2D eigenvalue weighted by atomic mass is 9.88. The van der Waals surface area contributed by atoms with Gasteiger partial charge in [0.25, 0.3) is 0 Å². The Labute approximate surface area is 165 Å². The Hall–Kier alpha value is -2.40. The molecule has 0 unspecified atom stereocenters. The summed E-state index contributed by atoms with van der Waals surface area (Å²) in [6.45, 7) is 1.62. The lowest BCUT2D eigenvalue weighted by Crippen LogP contribution is -2.47. The van der Waals surface area contributed by atoms with Crippen LogP contribution < -0.4 is 10.1 Å². The van der Waals surface area contributed by atoms with E-state index in [0.29, 0.717) is 6.42 Å². The summed E-state index contributed by atoms with van der Waals surface area (Å²) in [5, 5.41) is 3.31. The highest BCUT2D eigenvalue weighted by Crippen LogP contribution is 2.37. The van der Waals surface area contributed by atoms with Gasteiger partial charge in [-0.2, -0.15) is 0 Å². The molecule has 2 aromatic rings. The quantitative estimate of drug-likeness (QED) is 0.873. The van der Waals surface area contributed by atoms with Crippen molar-refractivity contribution in [2.24, 2.45) is 0 Å². The van der Waals surface area contributed by atoms with Crippen LogP contribution in [-0.4, -0.2) is 36.5 Å². The number of amides is 1. The third-order valence-corrected chi connectivity index (χ3v) is 6.05. The molecule has 0 saturated carbocycles. The van der Waals surface area contributed by atoms with Crippen LogP contribution in [0.1, 0.15) is 42.7 Å². The number of ether oxygens (including phenoxy) is 1. The maximum Gasteiger partial charge on any atom is 0.220 e. The molecule has 148 valence electrons. The highest BCUT2D eigenvalue weighted by molar-refractivity contribution is 5.76. The number of fused-ring (bicyclic) bond motifs is 1. The van der Waals surface area contributed by atoms with Crippen LogP contribution in [-0.2, 0) is 11.3 Å². The molecule has 2 heterocycles. The monoisotopic (exact) mass is 382 g/mol. The first-order chi connectivity index (χ1) is 13.6. The van der Waals surface area contributed by atoms with Crippen molar-refractivity contribution in [2.75, 3.05) is 13.7 Å². The molecule has 2 aliphatic rings. The third-order valence-electron chi connectivity index (χ3n) is 6.05. The van der Waals surface area contributed by atoms with E-state index in [0.717, 1.165) is 43.7 Å². The van der Waals surface area contributed by atoms with E-state index < -0.39 is 0 Å². The maximum absolute atomic E-state index is 13.3. The molecule has 0 aliphatic carbocycles. The molecule has 3 atom stereocenters. The summed E-state index contributed by atoms with van der Waals surface area (Å²) in [5.74, 6) is 0.979. The zero-order valence-corrected chi connectivity index (χ0v) is 16.2. The first-order valence-electron chi connectivity index (χ1n) is 10.1. The summed E-state index contributed by atoms with van der Waals surface area (Å²) >= 11 is 0. The van der Waals surface area contributed by atoms with Gasteiger partial charge < -0.3 is 10.1 Å². The molecule has 5 heteroatoms. The number of likely N-dealkylation sites (tertiary alicyclic amines) is 1. The Balaban J connectivity index is 1.63. The van der Waals surface area contributed by atoms with Crippen LogP contribution in [0.2, 0.25) is 0 Å². The number of carbonyl (C=O) groups excluding carboxylic acids is 1. The molecular weight excluding hydrogens is 355 g/mol. The summed E-state index contributed by atoms with van der Waals surface area (Å²) in [6.07, 6.45) is 3.65. The fraction of sp³-hybridized carbons (Fsp3) is 0.435. The first-order valence-corrected chi connectivity index (χ1v) is 10.1. The predicted molar refractivity (Wildman–Crippen MR) is 107 cm³/mol. The summed E-state index contributed by atoms with van der Waals surface area (Å²) in [6, 6.07) is 15.3. The van der Waals surface area contributed by atoms with E-state index in [9.17, 15) is 9.18 Å². The molecule has 2 aromatic carbocycles. The van der Waals surface area contributed by atoms with Gasteiger partial charge in [0.1, 0.15) is 11.6 Å². The maximum atomic E-state index is 13.3. The zero-order valence-electron chi connectivity index (χ0n) is 16.2. The molecule has 2 fully saturated rings. The van der Waals surface area contributed by atoms with Crippen molar-refractivity contribution < 1.29 is 13.9 Å². The number of nitrogens with zero attached hydrogens (tertiary/aromatic N) is 1. The van der Waals surface area contributed by atoms with Crippen molar-refractivity contribution >= 4 is 5.91 Å². The van der Waals surface area contributed by atoms with Gasteiger partial charge in [-0.3, -0.25) is 9.69 Å². The summed E-state index contributed by atoms with van der Waals surface area (Å²) in [4.78, 5) is 14.8. The molecule has 0 aromatic heterocycles.